The van der Waals surface area contributed by atoms with Gasteiger partial charge < -0.3 is 11.1 Å². The molecule has 0 bridgehead atoms. The first-order chi connectivity index (χ1) is 11.7. The van der Waals surface area contributed by atoms with Crippen LogP contribution in [0.4, 0.5) is 11.5 Å². The zero-order valence-electron chi connectivity index (χ0n) is 13.4. The van der Waals surface area contributed by atoms with Gasteiger partial charge in [0.1, 0.15) is 5.82 Å². The van der Waals surface area contributed by atoms with Crippen LogP contribution in [0, 0.1) is 0 Å². The molecule has 1 aromatic heterocycles. The number of pyridine rings is 1. The van der Waals surface area contributed by atoms with Crippen LogP contribution >= 0.6 is 11.6 Å². The topological polar surface area (TPSA) is 50.9 Å². The predicted octanol–water partition coefficient (Wildman–Crippen LogP) is 5.03. The summed E-state index contributed by atoms with van der Waals surface area (Å²) in [7, 11) is 0. The highest BCUT2D eigenvalue weighted by atomic mass is 35.5. The number of nitrogens with zero attached hydrogens (tertiary/aromatic N) is 1. The fourth-order valence-corrected chi connectivity index (χ4v) is 2.85. The third kappa shape index (κ3) is 4.27. The summed E-state index contributed by atoms with van der Waals surface area (Å²) in [5.74, 6) is 0.506. The maximum atomic E-state index is 6.11. The van der Waals surface area contributed by atoms with Gasteiger partial charge in [0.2, 0.25) is 0 Å². The first-order valence-corrected chi connectivity index (χ1v) is 8.39. The molecule has 3 rings (SSSR count). The molecule has 3 nitrogen and oxygen atoms in total. The Kier molecular flexibility index (Phi) is 5.34. The Bertz CT molecular complexity index is 803. The standard InChI is InChI=1S/C20H20ClN3/c21-17-10-4-9-16(12-17)18-14-24-20(22)13-19(18)23-11-5-8-15-6-2-1-3-7-15/h1-4,6-7,9-10,12-14H,5,8,11H2,(H3,22,23,24). The molecule has 0 amide bonds. The summed E-state index contributed by atoms with van der Waals surface area (Å²) in [6.45, 7) is 0.867. The van der Waals surface area contributed by atoms with Crippen molar-refractivity contribution in [3.05, 3.63) is 77.4 Å². The highest BCUT2D eigenvalue weighted by Gasteiger charge is 2.07. The second-order valence-corrected chi connectivity index (χ2v) is 6.12. The highest BCUT2D eigenvalue weighted by molar-refractivity contribution is 6.30. The van der Waals surface area contributed by atoms with Gasteiger partial charge in [0.25, 0.3) is 0 Å². The quantitative estimate of drug-likeness (QED) is 0.620. The normalized spacial score (nSPS) is 10.5. The molecular weight excluding hydrogens is 318 g/mol. The molecule has 0 unspecified atom stereocenters. The van der Waals surface area contributed by atoms with Crippen LogP contribution in [0.3, 0.4) is 0 Å². The molecular formula is C20H20ClN3. The summed E-state index contributed by atoms with van der Waals surface area (Å²) in [5.41, 5.74) is 10.2. The van der Waals surface area contributed by atoms with E-state index in [1.165, 1.54) is 5.56 Å². The van der Waals surface area contributed by atoms with Crippen LogP contribution in [0.15, 0.2) is 66.9 Å². The van der Waals surface area contributed by atoms with E-state index >= 15 is 0 Å². The summed E-state index contributed by atoms with van der Waals surface area (Å²) in [5, 5.41) is 4.19. The Hall–Kier alpha value is -2.52. The number of aromatic nitrogens is 1. The van der Waals surface area contributed by atoms with Crippen LogP contribution in [0.1, 0.15) is 12.0 Å². The number of benzene rings is 2. The molecule has 3 N–H and O–H groups in total. The van der Waals surface area contributed by atoms with Gasteiger partial charge in [-0.25, -0.2) is 4.98 Å². The maximum Gasteiger partial charge on any atom is 0.125 e. The van der Waals surface area contributed by atoms with Crippen molar-refractivity contribution >= 4 is 23.1 Å². The average molecular weight is 338 g/mol. The molecule has 0 saturated carbocycles. The van der Waals surface area contributed by atoms with Crippen LogP contribution in [0.2, 0.25) is 5.02 Å². The van der Waals surface area contributed by atoms with Crippen molar-refractivity contribution < 1.29 is 0 Å². The number of hydrogen-bond acceptors (Lipinski definition) is 3. The minimum Gasteiger partial charge on any atom is -0.384 e. The van der Waals surface area contributed by atoms with Crippen LogP contribution < -0.4 is 11.1 Å². The molecule has 0 aliphatic heterocycles. The van der Waals surface area contributed by atoms with E-state index in [1.54, 1.807) is 6.20 Å². The van der Waals surface area contributed by atoms with E-state index in [4.69, 9.17) is 17.3 Å². The van der Waals surface area contributed by atoms with Crippen LogP contribution in [0.5, 0.6) is 0 Å². The minimum atomic E-state index is 0.506. The van der Waals surface area contributed by atoms with Gasteiger partial charge in [-0.05, 0) is 36.1 Å². The average Bonchev–Trinajstić information content (AvgIpc) is 2.60. The first kappa shape index (κ1) is 16.3. The monoisotopic (exact) mass is 337 g/mol. The Morgan fingerprint density at radius 1 is 1.00 bits per heavy atom. The smallest absolute Gasteiger partial charge is 0.125 e. The van der Waals surface area contributed by atoms with Gasteiger partial charge in [-0.15, -0.1) is 0 Å². The summed E-state index contributed by atoms with van der Waals surface area (Å²) >= 11 is 6.11. The molecule has 0 saturated heterocycles. The maximum absolute atomic E-state index is 6.11. The Labute approximate surface area is 147 Å². The summed E-state index contributed by atoms with van der Waals surface area (Å²) in [6, 6.07) is 20.1. The number of nitrogen functional groups attached to an aromatic ring is 1. The minimum absolute atomic E-state index is 0.506. The number of halogens is 1. The molecule has 0 atom stereocenters. The number of hydrogen-bond donors (Lipinski definition) is 2. The lowest BCUT2D eigenvalue weighted by molar-refractivity contribution is 0.863. The molecule has 2 aromatic carbocycles. The van der Waals surface area contributed by atoms with E-state index < -0.39 is 0 Å². The first-order valence-electron chi connectivity index (χ1n) is 8.01. The molecule has 4 heteroatoms. The Morgan fingerprint density at radius 3 is 2.62 bits per heavy atom. The third-order valence-corrected chi connectivity index (χ3v) is 4.10. The zero-order chi connectivity index (χ0) is 16.8. The second kappa shape index (κ2) is 7.84. The van der Waals surface area contributed by atoms with E-state index in [1.807, 2.05) is 36.4 Å². The van der Waals surface area contributed by atoms with Crippen molar-refractivity contribution in [1.29, 1.82) is 0 Å². The molecule has 3 aromatic rings. The molecule has 0 spiro atoms. The number of rotatable bonds is 6. The van der Waals surface area contributed by atoms with Gasteiger partial charge in [0.15, 0.2) is 0 Å². The number of nitrogens with two attached hydrogens (primary N) is 1. The van der Waals surface area contributed by atoms with Crippen LogP contribution in [0.25, 0.3) is 11.1 Å². The van der Waals surface area contributed by atoms with Gasteiger partial charge in [0.05, 0.1) is 0 Å². The number of anilines is 2. The molecule has 122 valence electrons. The van der Waals surface area contributed by atoms with E-state index in [0.717, 1.165) is 36.2 Å². The Balaban J connectivity index is 1.69. The van der Waals surface area contributed by atoms with E-state index in [0.29, 0.717) is 10.8 Å². The molecule has 0 aliphatic carbocycles. The SMILES string of the molecule is Nc1cc(NCCCc2ccccc2)c(-c2cccc(Cl)c2)cn1. The lowest BCUT2D eigenvalue weighted by atomic mass is 10.1. The van der Waals surface area contributed by atoms with Crippen molar-refractivity contribution in [3.63, 3.8) is 0 Å². The predicted molar refractivity (Wildman–Crippen MR) is 102 cm³/mol. The van der Waals surface area contributed by atoms with Gasteiger partial charge in [-0.3, -0.25) is 0 Å². The fourth-order valence-electron chi connectivity index (χ4n) is 2.66. The fraction of sp³-hybridized carbons (Fsp3) is 0.150. The van der Waals surface area contributed by atoms with Gasteiger partial charge in [0, 0.05) is 35.1 Å². The summed E-state index contributed by atoms with van der Waals surface area (Å²) in [6.07, 6.45) is 3.88. The van der Waals surface area contributed by atoms with Gasteiger partial charge >= 0.3 is 0 Å². The molecule has 0 fully saturated rings. The Morgan fingerprint density at radius 2 is 1.83 bits per heavy atom. The van der Waals surface area contributed by atoms with E-state index in [2.05, 4.69) is 34.6 Å². The van der Waals surface area contributed by atoms with Crippen molar-refractivity contribution in [1.82, 2.24) is 4.98 Å². The van der Waals surface area contributed by atoms with Crippen molar-refractivity contribution in [2.75, 3.05) is 17.6 Å². The molecule has 24 heavy (non-hydrogen) atoms. The third-order valence-electron chi connectivity index (χ3n) is 3.86. The number of aryl methyl sites for hydroxylation is 1. The van der Waals surface area contributed by atoms with Crippen molar-refractivity contribution in [2.45, 2.75) is 12.8 Å². The van der Waals surface area contributed by atoms with Crippen molar-refractivity contribution in [3.8, 4) is 11.1 Å². The molecule has 1 heterocycles. The van der Waals surface area contributed by atoms with E-state index in [-0.39, 0.29) is 0 Å². The van der Waals surface area contributed by atoms with Crippen LogP contribution in [-0.2, 0) is 6.42 Å². The lowest BCUT2D eigenvalue weighted by Gasteiger charge is -2.13. The molecule has 0 aliphatic rings. The largest absolute Gasteiger partial charge is 0.384 e. The summed E-state index contributed by atoms with van der Waals surface area (Å²) < 4.78 is 0. The lowest BCUT2D eigenvalue weighted by Crippen LogP contribution is -2.05. The van der Waals surface area contributed by atoms with Gasteiger partial charge in [-0.1, -0.05) is 54.1 Å². The summed E-state index contributed by atoms with van der Waals surface area (Å²) in [4.78, 5) is 4.22. The van der Waals surface area contributed by atoms with Gasteiger partial charge in [-0.2, -0.15) is 0 Å². The van der Waals surface area contributed by atoms with Crippen molar-refractivity contribution in [2.24, 2.45) is 0 Å². The van der Waals surface area contributed by atoms with E-state index in [9.17, 15) is 0 Å². The number of nitrogens with one attached hydrogen (secondary N) is 1. The van der Waals surface area contributed by atoms with Crippen LogP contribution in [-0.4, -0.2) is 11.5 Å². The highest BCUT2D eigenvalue weighted by Crippen LogP contribution is 2.30. The zero-order valence-corrected chi connectivity index (χ0v) is 14.1. The second-order valence-electron chi connectivity index (χ2n) is 5.68. The molecule has 0 radical (unpaired) electrons.